The van der Waals surface area contributed by atoms with E-state index in [4.69, 9.17) is 0 Å². The quantitative estimate of drug-likeness (QED) is 0.629. The lowest BCUT2D eigenvalue weighted by atomic mass is 10.0. The van der Waals surface area contributed by atoms with E-state index in [1.54, 1.807) is 0 Å². The Kier molecular flexibility index (Phi) is 4.54. The smallest absolute Gasteiger partial charge is 0.274 e. The number of anilines is 1. The number of piperidine rings is 1. The first kappa shape index (κ1) is 14.7. The lowest BCUT2D eigenvalue weighted by molar-refractivity contribution is -0.385. The minimum absolute atomic E-state index is 0.196. The van der Waals surface area contributed by atoms with Gasteiger partial charge < -0.3 is 9.80 Å². The van der Waals surface area contributed by atoms with Gasteiger partial charge in [-0.05, 0) is 25.5 Å². The number of nitro benzene ring substituents is 1. The van der Waals surface area contributed by atoms with Gasteiger partial charge in [0.25, 0.3) is 5.69 Å². The molecule has 1 aromatic carbocycles. The number of hydrogen-bond donors (Lipinski definition) is 0. The molecule has 1 fully saturated rings. The summed E-state index contributed by atoms with van der Waals surface area (Å²) in [5.41, 5.74) is 0.379. The Balaban J connectivity index is 2.13. The molecule has 0 radical (unpaired) electrons. The van der Waals surface area contributed by atoms with Crippen LogP contribution in [0.1, 0.15) is 19.8 Å². The summed E-state index contributed by atoms with van der Waals surface area (Å²) in [5.74, 6) is -0.563. The van der Waals surface area contributed by atoms with Gasteiger partial charge in [-0.25, -0.2) is 4.39 Å². The third kappa shape index (κ3) is 3.25. The van der Waals surface area contributed by atoms with Crippen LogP contribution in [0.5, 0.6) is 0 Å². The SMILES string of the molecule is CCN1CCC(N(C)c2cc(F)cc([N+](=O)[O-])c2)CC1. The van der Waals surface area contributed by atoms with Crippen LogP contribution in [0.4, 0.5) is 15.8 Å². The van der Waals surface area contributed by atoms with E-state index >= 15 is 0 Å². The standard InChI is InChI=1S/C14H20FN3O2/c1-3-17-6-4-12(5-7-17)16(2)13-8-11(15)9-14(10-13)18(19)20/h8-10,12H,3-7H2,1-2H3. The van der Waals surface area contributed by atoms with Gasteiger partial charge in [0.2, 0.25) is 0 Å². The van der Waals surface area contributed by atoms with Gasteiger partial charge in [-0.15, -0.1) is 0 Å². The van der Waals surface area contributed by atoms with E-state index < -0.39 is 10.7 Å². The van der Waals surface area contributed by atoms with Crippen molar-refractivity contribution in [1.82, 2.24) is 4.90 Å². The van der Waals surface area contributed by atoms with Gasteiger partial charge in [0.1, 0.15) is 5.82 Å². The second kappa shape index (κ2) is 6.17. The van der Waals surface area contributed by atoms with E-state index in [-0.39, 0.29) is 5.69 Å². The normalized spacial score (nSPS) is 17.1. The predicted molar refractivity (Wildman–Crippen MR) is 76.6 cm³/mol. The van der Waals surface area contributed by atoms with Crippen LogP contribution in [-0.4, -0.2) is 42.5 Å². The third-order valence-corrected chi connectivity index (χ3v) is 4.04. The second-order valence-electron chi connectivity index (χ2n) is 5.20. The lowest BCUT2D eigenvalue weighted by Crippen LogP contribution is -2.43. The number of non-ortho nitro benzene ring substituents is 1. The first-order valence-electron chi connectivity index (χ1n) is 6.91. The lowest BCUT2D eigenvalue weighted by Gasteiger charge is -2.37. The van der Waals surface area contributed by atoms with Crippen molar-refractivity contribution in [2.24, 2.45) is 0 Å². The molecular formula is C14H20FN3O2. The van der Waals surface area contributed by atoms with Crippen molar-refractivity contribution < 1.29 is 9.31 Å². The number of halogens is 1. The van der Waals surface area contributed by atoms with Gasteiger partial charge in [-0.1, -0.05) is 6.92 Å². The van der Waals surface area contributed by atoms with E-state index in [2.05, 4.69) is 11.8 Å². The number of nitro groups is 1. The summed E-state index contributed by atoms with van der Waals surface area (Å²) >= 11 is 0. The van der Waals surface area contributed by atoms with Crippen molar-refractivity contribution >= 4 is 11.4 Å². The molecule has 20 heavy (non-hydrogen) atoms. The predicted octanol–water partition coefficient (Wildman–Crippen LogP) is 2.65. The van der Waals surface area contributed by atoms with Crippen LogP contribution >= 0.6 is 0 Å². The topological polar surface area (TPSA) is 49.6 Å². The molecule has 6 heteroatoms. The molecule has 0 aliphatic carbocycles. The maximum atomic E-state index is 13.5. The summed E-state index contributed by atoms with van der Waals surface area (Å²) in [6.07, 6.45) is 1.99. The monoisotopic (exact) mass is 281 g/mol. The average molecular weight is 281 g/mol. The van der Waals surface area contributed by atoms with Crippen LogP contribution in [0.3, 0.4) is 0 Å². The molecule has 0 bridgehead atoms. The number of benzene rings is 1. The molecule has 0 unspecified atom stereocenters. The zero-order valence-corrected chi connectivity index (χ0v) is 11.9. The Morgan fingerprint density at radius 3 is 2.60 bits per heavy atom. The molecule has 0 atom stereocenters. The molecule has 0 spiro atoms. The van der Waals surface area contributed by atoms with Gasteiger partial charge in [-0.2, -0.15) is 0 Å². The fourth-order valence-corrected chi connectivity index (χ4v) is 2.70. The summed E-state index contributed by atoms with van der Waals surface area (Å²) in [4.78, 5) is 14.6. The maximum absolute atomic E-state index is 13.5. The fourth-order valence-electron chi connectivity index (χ4n) is 2.70. The molecule has 5 nitrogen and oxygen atoms in total. The van der Waals surface area contributed by atoms with Gasteiger partial charge in [0.15, 0.2) is 0 Å². The highest BCUT2D eigenvalue weighted by atomic mass is 19.1. The van der Waals surface area contributed by atoms with Crippen molar-refractivity contribution in [3.8, 4) is 0 Å². The number of hydrogen-bond acceptors (Lipinski definition) is 4. The second-order valence-corrected chi connectivity index (χ2v) is 5.20. The molecule has 1 saturated heterocycles. The summed E-state index contributed by atoms with van der Waals surface area (Å²) in [6.45, 7) is 5.22. The van der Waals surface area contributed by atoms with E-state index in [1.165, 1.54) is 12.1 Å². The van der Waals surface area contributed by atoms with Crippen LogP contribution in [0.2, 0.25) is 0 Å². The number of likely N-dealkylation sites (tertiary alicyclic amines) is 1. The molecule has 1 aromatic rings. The highest BCUT2D eigenvalue weighted by Crippen LogP contribution is 2.26. The summed E-state index contributed by atoms with van der Waals surface area (Å²) in [5, 5.41) is 10.8. The van der Waals surface area contributed by atoms with E-state index in [0.717, 1.165) is 38.5 Å². The summed E-state index contributed by atoms with van der Waals surface area (Å²) < 4.78 is 13.5. The van der Waals surface area contributed by atoms with Crippen LogP contribution in [0, 0.1) is 15.9 Å². The maximum Gasteiger partial charge on any atom is 0.274 e. The molecule has 1 aliphatic rings. The van der Waals surface area contributed by atoms with Gasteiger partial charge in [0.05, 0.1) is 11.0 Å². The van der Waals surface area contributed by atoms with E-state index in [1.807, 2.05) is 11.9 Å². The Bertz CT molecular complexity index is 487. The average Bonchev–Trinajstić information content (AvgIpc) is 2.46. The Labute approximate surface area is 118 Å². The zero-order chi connectivity index (χ0) is 14.7. The van der Waals surface area contributed by atoms with Crippen LogP contribution in [0.15, 0.2) is 18.2 Å². The minimum Gasteiger partial charge on any atom is -0.371 e. The van der Waals surface area contributed by atoms with Crippen LogP contribution in [0.25, 0.3) is 0 Å². The highest BCUT2D eigenvalue weighted by molar-refractivity contribution is 5.53. The number of rotatable bonds is 4. The largest absolute Gasteiger partial charge is 0.371 e. The Hall–Kier alpha value is -1.69. The molecule has 1 aliphatic heterocycles. The van der Waals surface area contributed by atoms with Crippen LogP contribution < -0.4 is 4.90 Å². The van der Waals surface area contributed by atoms with Crippen molar-refractivity contribution in [2.45, 2.75) is 25.8 Å². The fraction of sp³-hybridized carbons (Fsp3) is 0.571. The third-order valence-electron chi connectivity index (χ3n) is 4.04. The van der Waals surface area contributed by atoms with Crippen LogP contribution in [-0.2, 0) is 0 Å². The van der Waals surface area contributed by atoms with E-state index in [0.29, 0.717) is 11.7 Å². The number of nitrogens with zero attached hydrogens (tertiary/aromatic N) is 3. The van der Waals surface area contributed by atoms with E-state index in [9.17, 15) is 14.5 Å². The molecule has 2 rings (SSSR count). The van der Waals surface area contributed by atoms with Crippen molar-refractivity contribution in [3.63, 3.8) is 0 Å². The molecule has 0 saturated carbocycles. The molecule has 0 N–H and O–H groups in total. The molecule has 1 heterocycles. The van der Waals surface area contributed by atoms with Crippen molar-refractivity contribution in [1.29, 1.82) is 0 Å². The summed E-state index contributed by atoms with van der Waals surface area (Å²) in [7, 11) is 1.88. The molecule has 0 amide bonds. The highest BCUT2D eigenvalue weighted by Gasteiger charge is 2.23. The summed E-state index contributed by atoms with van der Waals surface area (Å²) in [6, 6.07) is 4.06. The van der Waals surface area contributed by atoms with Gasteiger partial charge in [-0.3, -0.25) is 10.1 Å². The molecule has 110 valence electrons. The first-order valence-corrected chi connectivity index (χ1v) is 6.91. The first-order chi connectivity index (χ1) is 9.51. The van der Waals surface area contributed by atoms with Gasteiger partial charge in [0, 0.05) is 37.9 Å². The van der Waals surface area contributed by atoms with Crippen molar-refractivity contribution in [3.05, 3.63) is 34.1 Å². The Morgan fingerprint density at radius 2 is 2.05 bits per heavy atom. The minimum atomic E-state index is -0.563. The van der Waals surface area contributed by atoms with Gasteiger partial charge >= 0.3 is 0 Å². The Morgan fingerprint density at radius 1 is 1.40 bits per heavy atom. The van der Waals surface area contributed by atoms with Crippen molar-refractivity contribution in [2.75, 3.05) is 31.6 Å². The zero-order valence-electron chi connectivity index (χ0n) is 11.9. The molecule has 0 aromatic heterocycles. The molecular weight excluding hydrogens is 261 g/mol.